The fourth-order valence-corrected chi connectivity index (χ4v) is 5.74. The monoisotopic (exact) mass is 491 g/mol. The van der Waals surface area contributed by atoms with Crippen LogP contribution in [0.1, 0.15) is 43.5 Å². The molecule has 192 valence electrons. The highest BCUT2D eigenvalue weighted by molar-refractivity contribution is 5.94. The van der Waals surface area contributed by atoms with Crippen LogP contribution in [0.3, 0.4) is 0 Å². The van der Waals surface area contributed by atoms with Crippen LogP contribution in [0, 0.1) is 5.92 Å². The van der Waals surface area contributed by atoms with Crippen LogP contribution in [0.15, 0.2) is 76.9 Å². The molecular formula is C29H37N3O4. The maximum absolute atomic E-state index is 13.1. The van der Waals surface area contributed by atoms with Gasteiger partial charge in [0.25, 0.3) is 5.91 Å². The van der Waals surface area contributed by atoms with Gasteiger partial charge in [-0.05, 0) is 50.0 Å². The smallest absolute Gasteiger partial charge is 0.253 e. The summed E-state index contributed by atoms with van der Waals surface area (Å²) in [5, 5.41) is 3.70. The highest BCUT2D eigenvalue weighted by atomic mass is 16.5. The molecule has 7 heteroatoms. The molecule has 0 aromatic heterocycles. The number of ether oxygens (including phenoxy) is 2. The van der Waals surface area contributed by atoms with Crippen molar-refractivity contribution in [3.8, 4) is 0 Å². The summed E-state index contributed by atoms with van der Waals surface area (Å²) in [6.07, 6.45) is 9.34. The Morgan fingerprint density at radius 2 is 1.92 bits per heavy atom. The van der Waals surface area contributed by atoms with E-state index >= 15 is 0 Å². The molecule has 1 N–H and O–H groups in total. The number of carbonyl (C=O) groups excluding carboxylic acids is 2. The Bertz CT molecular complexity index is 1090. The summed E-state index contributed by atoms with van der Waals surface area (Å²) < 4.78 is 11.3. The van der Waals surface area contributed by atoms with E-state index in [2.05, 4.69) is 24.4 Å². The zero-order valence-corrected chi connectivity index (χ0v) is 21.8. The van der Waals surface area contributed by atoms with Gasteiger partial charge in [0, 0.05) is 55.0 Å². The Balaban J connectivity index is 1.63. The average molecular weight is 492 g/mol. The highest BCUT2D eigenvalue weighted by Crippen LogP contribution is 2.39. The van der Waals surface area contributed by atoms with Gasteiger partial charge in [0.15, 0.2) is 0 Å². The van der Waals surface area contributed by atoms with E-state index in [4.69, 9.17) is 9.47 Å². The van der Waals surface area contributed by atoms with Crippen LogP contribution in [-0.2, 0) is 14.3 Å². The second kappa shape index (κ2) is 11.1. The van der Waals surface area contributed by atoms with Gasteiger partial charge < -0.3 is 24.6 Å². The van der Waals surface area contributed by atoms with E-state index in [0.717, 1.165) is 35.6 Å². The van der Waals surface area contributed by atoms with Crippen molar-refractivity contribution in [2.75, 3.05) is 40.4 Å². The molecule has 1 aliphatic carbocycles. The Morgan fingerprint density at radius 1 is 1.19 bits per heavy atom. The summed E-state index contributed by atoms with van der Waals surface area (Å²) in [4.78, 5) is 29.2. The van der Waals surface area contributed by atoms with Gasteiger partial charge in [-0.2, -0.15) is 0 Å². The molecule has 2 amide bonds. The Morgan fingerprint density at radius 3 is 2.53 bits per heavy atom. The van der Waals surface area contributed by atoms with Crippen molar-refractivity contribution >= 4 is 12.3 Å². The highest BCUT2D eigenvalue weighted by Gasteiger charge is 2.44. The van der Waals surface area contributed by atoms with Gasteiger partial charge in [0.05, 0.1) is 19.8 Å². The zero-order chi connectivity index (χ0) is 25.7. The van der Waals surface area contributed by atoms with E-state index in [1.54, 1.807) is 14.2 Å². The summed E-state index contributed by atoms with van der Waals surface area (Å²) in [5.74, 6) is 1.72. The zero-order valence-electron chi connectivity index (χ0n) is 21.8. The Kier molecular flexibility index (Phi) is 7.87. The molecule has 1 saturated heterocycles. The quantitative estimate of drug-likeness (QED) is 0.584. The molecule has 0 bridgehead atoms. The molecule has 1 fully saturated rings. The number of methoxy groups -OCH3 is 2. The number of allylic oxidation sites excluding steroid dienone is 4. The van der Waals surface area contributed by atoms with Crippen molar-refractivity contribution in [2.45, 2.75) is 38.6 Å². The fourth-order valence-electron chi connectivity index (χ4n) is 5.74. The third kappa shape index (κ3) is 4.79. The van der Waals surface area contributed by atoms with E-state index in [1.165, 1.54) is 5.57 Å². The van der Waals surface area contributed by atoms with Crippen LogP contribution in [0.4, 0.5) is 0 Å². The van der Waals surface area contributed by atoms with Crippen molar-refractivity contribution in [3.05, 3.63) is 82.5 Å². The molecule has 1 aromatic rings. The minimum Gasteiger partial charge on any atom is -0.497 e. The van der Waals surface area contributed by atoms with E-state index in [9.17, 15) is 9.59 Å². The van der Waals surface area contributed by atoms with Crippen molar-refractivity contribution in [1.82, 2.24) is 15.1 Å². The summed E-state index contributed by atoms with van der Waals surface area (Å²) in [6.45, 7) is 6.61. The number of nitrogens with zero attached hydrogens (tertiary/aromatic N) is 2. The molecule has 0 radical (unpaired) electrons. The predicted molar refractivity (Wildman–Crippen MR) is 140 cm³/mol. The van der Waals surface area contributed by atoms with Crippen LogP contribution in [0.2, 0.25) is 0 Å². The van der Waals surface area contributed by atoms with Gasteiger partial charge in [0.1, 0.15) is 11.5 Å². The van der Waals surface area contributed by atoms with Crippen molar-refractivity contribution in [1.29, 1.82) is 0 Å². The maximum atomic E-state index is 13.1. The number of nitrogens with one attached hydrogen (secondary N) is 1. The minimum absolute atomic E-state index is 0.0403. The number of piperidine rings is 1. The minimum atomic E-state index is -0.493. The summed E-state index contributed by atoms with van der Waals surface area (Å²) >= 11 is 0. The topological polar surface area (TPSA) is 71.1 Å². The SMILES string of the molecule is CCN(C=O)C1(C2=C[C@H](C)C3=C(CC=C(OC)C=C3OC)CN2)CCN(C(=O)c2ccccc2)CC1. The number of rotatable bonds is 7. The third-order valence-corrected chi connectivity index (χ3v) is 7.71. The molecule has 3 aliphatic rings. The van der Waals surface area contributed by atoms with Gasteiger partial charge in [-0.25, -0.2) is 0 Å². The van der Waals surface area contributed by atoms with Crippen LogP contribution < -0.4 is 5.32 Å². The first-order valence-corrected chi connectivity index (χ1v) is 12.7. The average Bonchev–Trinajstić information content (AvgIpc) is 3.21. The van der Waals surface area contributed by atoms with E-state index in [1.807, 2.05) is 53.1 Å². The van der Waals surface area contributed by atoms with Gasteiger partial charge in [-0.1, -0.05) is 31.2 Å². The second-order valence-corrected chi connectivity index (χ2v) is 9.55. The van der Waals surface area contributed by atoms with Crippen molar-refractivity contribution < 1.29 is 19.1 Å². The standard InChI is InChI=1S/C29H37N3O4/c1-5-32(20-33)29(13-15-31(16-14-29)28(34)22-9-7-6-8-10-22)26-17-21(2)27-23(19-30-26)11-12-24(35-3)18-25(27)36-4/h6-10,12,17-18,20-21,30H,5,11,13-16,19H2,1-4H3/t21-/m0/s1. The number of carbonyl (C=O) groups is 2. The molecular weight excluding hydrogens is 454 g/mol. The largest absolute Gasteiger partial charge is 0.497 e. The third-order valence-electron chi connectivity index (χ3n) is 7.71. The van der Waals surface area contributed by atoms with Crippen LogP contribution in [-0.4, -0.2) is 68.1 Å². The van der Waals surface area contributed by atoms with Gasteiger partial charge in [-0.15, -0.1) is 0 Å². The number of likely N-dealkylation sites (tertiary alicyclic amines) is 1. The van der Waals surface area contributed by atoms with E-state index in [0.29, 0.717) is 44.6 Å². The molecule has 4 rings (SSSR count). The second-order valence-electron chi connectivity index (χ2n) is 9.55. The van der Waals surface area contributed by atoms with Crippen LogP contribution in [0.25, 0.3) is 0 Å². The van der Waals surface area contributed by atoms with Crippen LogP contribution >= 0.6 is 0 Å². The molecule has 1 aromatic carbocycles. The summed E-state index contributed by atoms with van der Waals surface area (Å²) in [5.41, 5.74) is 3.66. The molecule has 36 heavy (non-hydrogen) atoms. The molecule has 0 saturated carbocycles. The Labute approximate surface area is 214 Å². The summed E-state index contributed by atoms with van der Waals surface area (Å²) in [6, 6.07) is 9.40. The van der Waals surface area contributed by atoms with Crippen LogP contribution in [0.5, 0.6) is 0 Å². The van der Waals surface area contributed by atoms with E-state index in [-0.39, 0.29) is 11.8 Å². The lowest BCUT2D eigenvalue weighted by Crippen LogP contribution is -2.59. The number of hydrogen-bond acceptors (Lipinski definition) is 5. The maximum Gasteiger partial charge on any atom is 0.253 e. The lowest BCUT2D eigenvalue weighted by molar-refractivity contribution is -0.124. The van der Waals surface area contributed by atoms with Gasteiger partial charge in [-0.3, -0.25) is 9.59 Å². The predicted octanol–water partition coefficient (Wildman–Crippen LogP) is 4.02. The lowest BCUT2D eigenvalue weighted by Gasteiger charge is -2.48. The molecule has 2 aliphatic heterocycles. The Hall–Kier alpha value is -3.48. The van der Waals surface area contributed by atoms with Crippen molar-refractivity contribution in [2.24, 2.45) is 5.92 Å². The lowest BCUT2D eigenvalue weighted by atomic mass is 9.80. The first-order chi connectivity index (χ1) is 17.5. The van der Waals surface area contributed by atoms with E-state index < -0.39 is 5.54 Å². The number of benzene rings is 1. The molecule has 1 atom stereocenters. The first-order valence-electron chi connectivity index (χ1n) is 12.7. The molecule has 0 unspecified atom stereocenters. The normalized spacial score (nSPS) is 21.5. The summed E-state index contributed by atoms with van der Waals surface area (Å²) in [7, 11) is 3.36. The van der Waals surface area contributed by atoms with Gasteiger partial charge >= 0.3 is 0 Å². The molecule has 2 heterocycles. The van der Waals surface area contributed by atoms with Crippen molar-refractivity contribution in [3.63, 3.8) is 0 Å². The fraction of sp³-hybridized carbons (Fsp3) is 0.448. The first kappa shape index (κ1) is 25.6. The molecule has 0 spiro atoms. The number of amides is 2. The number of hydrogen-bond donors (Lipinski definition) is 1. The number of likely N-dealkylation sites (N-methyl/N-ethyl adjacent to an activating group) is 1. The van der Waals surface area contributed by atoms with Gasteiger partial charge in [0.2, 0.25) is 6.41 Å². The molecule has 7 nitrogen and oxygen atoms in total.